The third kappa shape index (κ3) is 5.52. The van der Waals surface area contributed by atoms with Crippen molar-refractivity contribution in [2.45, 2.75) is 24.9 Å². The number of nitrogens with two attached hydrogens (primary N) is 1. The maximum Gasteiger partial charge on any atom is 0.264 e. The second-order valence-corrected chi connectivity index (χ2v) is 9.36. The summed E-state index contributed by atoms with van der Waals surface area (Å²) in [5, 5.41) is 0.309. The summed E-state index contributed by atoms with van der Waals surface area (Å²) in [7, 11) is -1.07. The van der Waals surface area contributed by atoms with E-state index in [1.54, 1.807) is 18.2 Å². The first kappa shape index (κ1) is 24.7. The van der Waals surface area contributed by atoms with E-state index in [1.165, 1.54) is 36.7 Å². The fourth-order valence-electron chi connectivity index (χ4n) is 3.29. The van der Waals surface area contributed by atoms with Crippen LogP contribution in [-0.4, -0.2) is 29.2 Å². The summed E-state index contributed by atoms with van der Waals surface area (Å²) in [5.74, 6) is 1.22. The molecule has 0 amide bonds. The zero-order chi connectivity index (χ0) is 24.0. The van der Waals surface area contributed by atoms with Crippen LogP contribution in [0.3, 0.4) is 0 Å². The van der Waals surface area contributed by atoms with E-state index in [9.17, 15) is 8.42 Å². The van der Waals surface area contributed by atoms with Crippen LogP contribution in [0.5, 0.6) is 17.2 Å². The van der Waals surface area contributed by atoms with E-state index in [-0.39, 0.29) is 11.4 Å². The fraction of sp³-hybridized carbons (Fsp3) is 0.250. The number of benzene rings is 3. The minimum atomic E-state index is -4.00. The molecule has 0 aromatic heterocycles. The van der Waals surface area contributed by atoms with Crippen molar-refractivity contribution in [1.82, 2.24) is 0 Å². The number of anilines is 1. The zero-order valence-electron chi connectivity index (χ0n) is 18.7. The zero-order valence-corrected chi connectivity index (χ0v) is 20.3. The van der Waals surface area contributed by atoms with Gasteiger partial charge in [0.15, 0.2) is 0 Å². The molecule has 0 spiro atoms. The van der Waals surface area contributed by atoms with E-state index in [4.69, 9.17) is 31.5 Å². The van der Waals surface area contributed by atoms with E-state index in [0.717, 1.165) is 11.1 Å². The largest absolute Gasteiger partial charge is 0.495 e. The summed E-state index contributed by atoms with van der Waals surface area (Å²) < 4.78 is 45.2. The van der Waals surface area contributed by atoms with Crippen LogP contribution >= 0.6 is 11.6 Å². The van der Waals surface area contributed by atoms with Crippen LogP contribution in [0.15, 0.2) is 65.6 Å². The molecular formula is C24H27ClN2O5S. The second-order valence-electron chi connectivity index (χ2n) is 7.10. The predicted molar refractivity (Wildman–Crippen MR) is 130 cm³/mol. The molecule has 33 heavy (non-hydrogen) atoms. The highest BCUT2D eigenvalue weighted by atomic mass is 35.5. The van der Waals surface area contributed by atoms with Crippen LogP contribution in [0.1, 0.15) is 18.1 Å². The molecule has 7 nitrogen and oxygen atoms in total. The molecule has 0 aliphatic rings. The maximum absolute atomic E-state index is 13.8. The van der Waals surface area contributed by atoms with E-state index in [0.29, 0.717) is 41.1 Å². The van der Waals surface area contributed by atoms with Gasteiger partial charge in [-0.15, -0.1) is 0 Å². The van der Waals surface area contributed by atoms with Crippen molar-refractivity contribution < 1.29 is 22.6 Å². The number of rotatable bonds is 10. The maximum atomic E-state index is 13.8. The van der Waals surface area contributed by atoms with Gasteiger partial charge in [-0.25, -0.2) is 8.42 Å². The van der Waals surface area contributed by atoms with Crippen molar-refractivity contribution >= 4 is 27.3 Å². The molecular weight excluding hydrogens is 464 g/mol. The van der Waals surface area contributed by atoms with Crippen LogP contribution in [0.4, 0.5) is 5.69 Å². The van der Waals surface area contributed by atoms with Gasteiger partial charge >= 0.3 is 0 Å². The Hall–Kier alpha value is -2.94. The highest BCUT2D eigenvalue weighted by molar-refractivity contribution is 7.92. The first-order chi connectivity index (χ1) is 15.8. The van der Waals surface area contributed by atoms with Crippen molar-refractivity contribution in [2.24, 2.45) is 5.73 Å². The average Bonchev–Trinajstić information content (AvgIpc) is 2.83. The quantitative estimate of drug-likeness (QED) is 0.446. The van der Waals surface area contributed by atoms with Crippen LogP contribution in [-0.2, 0) is 23.1 Å². The van der Waals surface area contributed by atoms with Gasteiger partial charge in [0.1, 0.15) is 17.2 Å². The van der Waals surface area contributed by atoms with E-state index < -0.39 is 10.0 Å². The number of halogens is 1. The molecule has 3 aromatic rings. The highest BCUT2D eigenvalue weighted by Crippen LogP contribution is 2.41. The molecule has 9 heteroatoms. The third-order valence-corrected chi connectivity index (χ3v) is 7.10. The Bertz CT molecular complexity index is 1180. The first-order valence-corrected chi connectivity index (χ1v) is 12.1. The number of methoxy groups -OCH3 is 2. The van der Waals surface area contributed by atoms with Crippen molar-refractivity contribution in [3.05, 3.63) is 76.8 Å². The lowest BCUT2D eigenvalue weighted by atomic mass is 10.1. The van der Waals surface area contributed by atoms with Gasteiger partial charge in [0.2, 0.25) is 0 Å². The van der Waals surface area contributed by atoms with Gasteiger partial charge in [-0.2, -0.15) is 0 Å². The Labute approximate surface area is 199 Å². The van der Waals surface area contributed by atoms with E-state index in [1.807, 2.05) is 31.2 Å². The molecule has 0 radical (unpaired) electrons. The minimum Gasteiger partial charge on any atom is -0.495 e. The second kappa shape index (κ2) is 10.8. The molecule has 3 rings (SSSR count). The molecule has 0 saturated carbocycles. The van der Waals surface area contributed by atoms with Crippen LogP contribution < -0.4 is 24.2 Å². The van der Waals surface area contributed by atoms with E-state index in [2.05, 4.69) is 0 Å². The molecule has 3 aromatic carbocycles. The van der Waals surface area contributed by atoms with E-state index >= 15 is 0 Å². The Kier molecular flexibility index (Phi) is 8.07. The van der Waals surface area contributed by atoms with Gasteiger partial charge in [0.25, 0.3) is 10.0 Å². The summed E-state index contributed by atoms with van der Waals surface area (Å²) in [6.07, 6.45) is 0. The Balaban J connectivity index is 2.14. The number of hydrogen-bond donors (Lipinski definition) is 1. The lowest BCUT2D eigenvalue weighted by Gasteiger charge is -2.27. The molecule has 176 valence electrons. The fourth-order valence-corrected chi connectivity index (χ4v) is 4.97. The van der Waals surface area contributed by atoms with Crippen LogP contribution in [0.25, 0.3) is 0 Å². The number of sulfonamides is 1. The number of ether oxygens (including phenoxy) is 3. The molecule has 0 aliphatic heterocycles. The minimum absolute atomic E-state index is 0.0571. The predicted octanol–water partition coefficient (Wildman–Crippen LogP) is 4.61. The van der Waals surface area contributed by atoms with Crippen molar-refractivity contribution in [1.29, 1.82) is 0 Å². The Morgan fingerprint density at radius 1 is 0.909 bits per heavy atom. The molecule has 2 N–H and O–H groups in total. The first-order valence-electron chi connectivity index (χ1n) is 10.3. The van der Waals surface area contributed by atoms with Gasteiger partial charge in [-0.1, -0.05) is 35.9 Å². The van der Waals surface area contributed by atoms with Gasteiger partial charge in [-0.05, 0) is 42.3 Å². The summed E-state index contributed by atoms with van der Waals surface area (Å²) >= 11 is 6.26. The van der Waals surface area contributed by atoms with Crippen molar-refractivity contribution in [3.8, 4) is 17.2 Å². The molecule has 0 aliphatic carbocycles. The smallest absolute Gasteiger partial charge is 0.264 e. The van der Waals surface area contributed by atoms with Gasteiger partial charge in [0.05, 0.1) is 43.0 Å². The summed E-state index contributed by atoms with van der Waals surface area (Å²) in [6, 6.07) is 16.8. The number of nitrogens with zero attached hydrogens (tertiary/aromatic N) is 1. The van der Waals surface area contributed by atoms with Crippen LogP contribution in [0, 0.1) is 0 Å². The lowest BCUT2D eigenvalue weighted by molar-refractivity contribution is 0.340. The number of hydrogen-bond acceptors (Lipinski definition) is 6. The van der Waals surface area contributed by atoms with Gasteiger partial charge in [-0.3, -0.25) is 4.31 Å². The molecule has 0 unspecified atom stereocenters. The summed E-state index contributed by atoms with van der Waals surface area (Å²) in [4.78, 5) is 0.112. The molecule has 0 saturated heterocycles. The van der Waals surface area contributed by atoms with Crippen molar-refractivity contribution in [3.63, 3.8) is 0 Å². The third-order valence-electron chi connectivity index (χ3n) is 5.03. The molecule has 0 atom stereocenters. The normalized spacial score (nSPS) is 11.2. The average molecular weight is 491 g/mol. The van der Waals surface area contributed by atoms with Crippen LogP contribution in [0.2, 0.25) is 5.02 Å². The highest BCUT2D eigenvalue weighted by Gasteiger charge is 2.29. The monoisotopic (exact) mass is 490 g/mol. The molecule has 0 heterocycles. The van der Waals surface area contributed by atoms with Gasteiger partial charge in [0, 0.05) is 18.7 Å². The standard InChI is InChI=1S/C24H27ClN2O5S/c1-4-32-19-9-11-20(12-10-19)33(28,29)27(16-18-7-5-17(15-26)6-8-18)22-14-23(30-2)21(25)13-24(22)31-3/h5-14H,4,15-16,26H2,1-3H3. The van der Waals surface area contributed by atoms with Gasteiger partial charge < -0.3 is 19.9 Å². The van der Waals surface area contributed by atoms with Crippen molar-refractivity contribution in [2.75, 3.05) is 25.1 Å². The Morgan fingerprint density at radius 3 is 2.06 bits per heavy atom. The molecule has 0 fully saturated rings. The summed E-state index contributed by atoms with van der Waals surface area (Å²) in [6.45, 7) is 2.81. The Morgan fingerprint density at radius 2 is 1.52 bits per heavy atom. The SMILES string of the molecule is CCOc1ccc(S(=O)(=O)N(Cc2ccc(CN)cc2)c2cc(OC)c(Cl)cc2OC)cc1. The topological polar surface area (TPSA) is 91.1 Å². The molecule has 0 bridgehead atoms. The lowest BCUT2D eigenvalue weighted by Crippen LogP contribution is -2.31. The summed E-state index contributed by atoms with van der Waals surface area (Å²) in [5.41, 5.74) is 7.72.